The van der Waals surface area contributed by atoms with Crippen LogP contribution >= 0.6 is 0 Å². The quantitative estimate of drug-likeness (QED) is 0.818. The van der Waals surface area contributed by atoms with Crippen molar-refractivity contribution in [1.29, 1.82) is 0 Å². The number of hydrogen-bond acceptors (Lipinski definition) is 2. The first-order chi connectivity index (χ1) is 9.77. The van der Waals surface area contributed by atoms with Gasteiger partial charge in [-0.15, -0.1) is 0 Å². The van der Waals surface area contributed by atoms with Crippen LogP contribution in [0.5, 0.6) is 0 Å². The number of nitrogens with zero attached hydrogens (tertiary/aromatic N) is 1. The topological polar surface area (TPSA) is 40.5 Å². The van der Waals surface area contributed by atoms with Crippen LogP contribution < -0.4 is 4.90 Å². The average molecular weight is 271 g/mol. The zero-order valence-corrected chi connectivity index (χ0v) is 11.9. The lowest BCUT2D eigenvalue weighted by molar-refractivity contribution is -0.118. The molecule has 0 fully saturated rings. The Bertz CT molecular complexity index is 575. The lowest BCUT2D eigenvalue weighted by Crippen LogP contribution is -2.30. The fourth-order valence-corrected chi connectivity index (χ4v) is 2.45. The van der Waals surface area contributed by atoms with Gasteiger partial charge in [0.2, 0.25) is 5.91 Å². The zero-order chi connectivity index (χ0) is 14.4. The summed E-state index contributed by atoms with van der Waals surface area (Å²) in [7, 11) is 0. The fraction of sp³-hybridized carbons (Fsp3) is 0.353. The van der Waals surface area contributed by atoms with Crippen LogP contribution in [0.3, 0.4) is 0 Å². The van der Waals surface area contributed by atoms with Crippen LogP contribution in [0.1, 0.15) is 26.2 Å². The molecule has 1 amide bonds. The summed E-state index contributed by atoms with van der Waals surface area (Å²) in [5, 5.41) is 11.1. The van der Waals surface area contributed by atoms with Gasteiger partial charge in [-0.05, 0) is 31.2 Å². The number of hydrogen-bond donors (Lipinski definition) is 1. The van der Waals surface area contributed by atoms with Gasteiger partial charge in [-0.2, -0.15) is 0 Å². The summed E-state index contributed by atoms with van der Waals surface area (Å²) in [5.41, 5.74) is 0.972. The summed E-state index contributed by atoms with van der Waals surface area (Å²) in [6, 6.07) is 14.2. The highest BCUT2D eigenvalue weighted by Crippen LogP contribution is 2.27. The van der Waals surface area contributed by atoms with Crippen molar-refractivity contribution in [1.82, 2.24) is 0 Å². The Morgan fingerprint density at radius 1 is 1.10 bits per heavy atom. The van der Waals surface area contributed by atoms with E-state index in [0.29, 0.717) is 19.4 Å². The summed E-state index contributed by atoms with van der Waals surface area (Å²) in [6.45, 7) is 2.80. The first kappa shape index (κ1) is 14.5. The number of carbonyl (C=O) groups excluding carboxylic acids is 1. The second-order valence-corrected chi connectivity index (χ2v) is 4.82. The van der Waals surface area contributed by atoms with Crippen molar-refractivity contribution in [3.63, 3.8) is 0 Å². The van der Waals surface area contributed by atoms with Crippen molar-refractivity contribution in [2.24, 2.45) is 0 Å². The molecule has 0 aliphatic rings. The number of rotatable bonds is 6. The van der Waals surface area contributed by atoms with Gasteiger partial charge in [-0.1, -0.05) is 36.4 Å². The fourth-order valence-electron chi connectivity index (χ4n) is 2.45. The minimum atomic E-state index is 0.123. The number of unbranched alkanes of at least 4 members (excludes halogenated alkanes) is 1. The maximum atomic E-state index is 12.3. The monoisotopic (exact) mass is 271 g/mol. The number of fused-ring (bicyclic) bond motifs is 1. The van der Waals surface area contributed by atoms with E-state index in [1.165, 1.54) is 0 Å². The van der Waals surface area contributed by atoms with Crippen LogP contribution in [0.4, 0.5) is 5.69 Å². The third-order valence-electron chi connectivity index (χ3n) is 3.47. The standard InChI is InChI=1S/C17H21NO2/c1-2-18(17(20)12-5-6-13-19)16-11-7-9-14-8-3-4-10-15(14)16/h3-4,7-11,19H,2,5-6,12-13H2,1H3. The van der Waals surface area contributed by atoms with Gasteiger partial charge in [0.25, 0.3) is 0 Å². The molecule has 106 valence electrons. The molecule has 0 aliphatic heterocycles. The average Bonchev–Trinajstić information content (AvgIpc) is 2.48. The number of aliphatic hydroxyl groups excluding tert-OH is 1. The van der Waals surface area contributed by atoms with Crippen LogP contribution in [0.25, 0.3) is 10.8 Å². The second kappa shape index (κ2) is 7.06. The van der Waals surface area contributed by atoms with Gasteiger partial charge < -0.3 is 10.0 Å². The number of carbonyl (C=O) groups is 1. The van der Waals surface area contributed by atoms with E-state index in [1.54, 1.807) is 0 Å². The van der Waals surface area contributed by atoms with Crippen LogP contribution in [0.2, 0.25) is 0 Å². The molecular formula is C17H21NO2. The van der Waals surface area contributed by atoms with Gasteiger partial charge in [0.05, 0.1) is 5.69 Å². The van der Waals surface area contributed by atoms with Crippen LogP contribution in [0, 0.1) is 0 Å². The Morgan fingerprint density at radius 2 is 1.85 bits per heavy atom. The van der Waals surface area contributed by atoms with E-state index in [-0.39, 0.29) is 12.5 Å². The molecule has 3 nitrogen and oxygen atoms in total. The molecule has 2 aromatic rings. The Morgan fingerprint density at radius 3 is 2.60 bits per heavy atom. The minimum Gasteiger partial charge on any atom is -0.396 e. The number of benzene rings is 2. The van der Waals surface area contributed by atoms with E-state index >= 15 is 0 Å². The molecule has 0 spiro atoms. The third kappa shape index (κ3) is 3.17. The first-order valence-electron chi connectivity index (χ1n) is 7.17. The highest BCUT2D eigenvalue weighted by atomic mass is 16.3. The van der Waals surface area contributed by atoms with E-state index in [2.05, 4.69) is 12.1 Å². The molecule has 0 heterocycles. The summed E-state index contributed by atoms with van der Waals surface area (Å²) < 4.78 is 0. The van der Waals surface area contributed by atoms with Gasteiger partial charge in [-0.25, -0.2) is 0 Å². The molecule has 3 heteroatoms. The van der Waals surface area contributed by atoms with Gasteiger partial charge in [0, 0.05) is 25.0 Å². The van der Waals surface area contributed by atoms with Gasteiger partial charge in [0.1, 0.15) is 0 Å². The Balaban J connectivity index is 2.27. The molecule has 20 heavy (non-hydrogen) atoms. The number of amides is 1. The lowest BCUT2D eigenvalue weighted by Gasteiger charge is -2.22. The smallest absolute Gasteiger partial charge is 0.226 e. The molecule has 0 bridgehead atoms. The highest BCUT2D eigenvalue weighted by Gasteiger charge is 2.15. The molecule has 0 atom stereocenters. The molecular weight excluding hydrogens is 250 g/mol. The highest BCUT2D eigenvalue weighted by molar-refractivity contribution is 6.03. The summed E-state index contributed by atoms with van der Waals surface area (Å²) in [6.07, 6.45) is 1.90. The lowest BCUT2D eigenvalue weighted by atomic mass is 10.1. The molecule has 2 rings (SSSR count). The van der Waals surface area contributed by atoms with Crippen molar-refractivity contribution in [3.8, 4) is 0 Å². The van der Waals surface area contributed by atoms with E-state index in [1.807, 2.05) is 42.2 Å². The second-order valence-electron chi connectivity index (χ2n) is 4.82. The Kier molecular flexibility index (Phi) is 5.13. The first-order valence-corrected chi connectivity index (χ1v) is 7.17. The van der Waals surface area contributed by atoms with E-state index < -0.39 is 0 Å². The summed E-state index contributed by atoms with van der Waals surface area (Å²) in [4.78, 5) is 14.2. The van der Waals surface area contributed by atoms with Crippen LogP contribution in [-0.4, -0.2) is 24.2 Å². The van der Waals surface area contributed by atoms with Crippen molar-refractivity contribution in [2.45, 2.75) is 26.2 Å². The van der Waals surface area contributed by atoms with Gasteiger partial charge >= 0.3 is 0 Å². The third-order valence-corrected chi connectivity index (χ3v) is 3.47. The molecule has 0 unspecified atom stereocenters. The molecule has 0 aromatic heterocycles. The summed E-state index contributed by atoms with van der Waals surface area (Å²) >= 11 is 0. The predicted molar refractivity (Wildman–Crippen MR) is 82.9 cm³/mol. The van der Waals surface area contributed by atoms with Crippen LogP contribution in [0.15, 0.2) is 42.5 Å². The SMILES string of the molecule is CCN(C(=O)CCCCO)c1cccc2ccccc12. The van der Waals surface area contributed by atoms with Crippen molar-refractivity contribution >= 4 is 22.4 Å². The van der Waals surface area contributed by atoms with E-state index in [4.69, 9.17) is 5.11 Å². The Labute approximate surface area is 119 Å². The van der Waals surface area contributed by atoms with Crippen molar-refractivity contribution in [2.75, 3.05) is 18.1 Å². The molecule has 0 radical (unpaired) electrons. The van der Waals surface area contributed by atoms with Crippen molar-refractivity contribution in [3.05, 3.63) is 42.5 Å². The minimum absolute atomic E-state index is 0.123. The maximum absolute atomic E-state index is 12.3. The summed E-state index contributed by atoms with van der Waals surface area (Å²) in [5.74, 6) is 0.123. The van der Waals surface area contributed by atoms with Gasteiger partial charge in [0.15, 0.2) is 0 Å². The predicted octanol–water partition coefficient (Wildman–Crippen LogP) is 3.36. The molecule has 0 saturated heterocycles. The zero-order valence-electron chi connectivity index (χ0n) is 11.9. The normalized spacial score (nSPS) is 10.7. The maximum Gasteiger partial charge on any atom is 0.226 e. The Hall–Kier alpha value is -1.87. The largest absolute Gasteiger partial charge is 0.396 e. The number of aliphatic hydroxyl groups is 1. The van der Waals surface area contributed by atoms with E-state index in [0.717, 1.165) is 22.9 Å². The van der Waals surface area contributed by atoms with Gasteiger partial charge in [-0.3, -0.25) is 4.79 Å². The number of anilines is 1. The molecule has 0 aliphatic carbocycles. The van der Waals surface area contributed by atoms with E-state index in [9.17, 15) is 4.79 Å². The molecule has 0 saturated carbocycles. The molecule has 1 N–H and O–H groups in total. The molecule has 2 aromatic carbocycles. The van der Waals surface area contributed by atoms with Crippen molar-refractivity contribution < 1.29 is 9.90 Å². The van der Waals surface area contributed by atoms with Crippen LogP contribution in [-0.2, 0) is 4.79 Å².